The Hall–Kier alpha value is -3.93. The zero-order valence-corrected chi connectivity index (χ0v) is 22.1. The highest BCUT2D eigenvalue weighted by Crippen LogP contribution is 2.53. The number of nitrogens with two attached hydrogens (primary N) is 1. The first-order valence-electron chi connectivity index (χ1n) is 12.5. The first kappa shape index (κ1) is 26.7. The number of phenolic OH excluding ortho intramolecular Hbond substituents is 1. The highest BCUT2D eigenvalue weighted by Gasteiger charge is 2.63. The van der Waals surface area contributed by atoms with Gasteiger partial charge >= 0.3 is 0 Å². The molecule has 5 rings (SSSR count). The summed E-state index contributed by atoms with van der Waals surface area (Å²) in [5, 5.41) is 44.7. The number of carbonyl (C=O) groups is 3. The third-order valence-corrected chi connectivity index (χ3v) is 8.01. The minimum atomic E-state index is -2.67. The van der Waals surface area contributed by atoms with Crippen LogP contribution in [-0.4, -0.2) is 87.5 Å². The molecule has 11 heteroatoms. The van der Waals surface area contributed by atoms with Crippen LogP contribution in [0.3, 0.4) is 0 Å². The normalized spacial score (nSPS) is 26.7. The maximum atomic E-state index is 13.8. The van der Waals surface area contributed by atoms with Crippen LogP contribution in [0.4, 0.5) is 0 Å². The number of nitrogens with zero attached hydrogens (tertiary/aromatic N) is 2. The van der Waals surface area contributed by atoms with E-state index in [-0.39, 0.29) is 29.7 Å². The SMILES string of the molecule is CN(C)Cc1ccc(-c2ccc(O)c3c2C[C@H]2C[C@H]4[C@H](N(C)C)C(O)=C(C(N)=O)C(=O)[C@@]4(O)C(O)=C2C3=O)o1. The van der Waals surface area contributed by atoms with Gasteiger partial charge in [-0.05, 0) is 76.8 Å². The monoisotopic (exact) mass is 537 g/mol. The van der Waals surface area contributed by atoms with Crippen LogP contribution in [0.15, 0.2) is 51.3 Å². The molecule has 0 spiro atoms. The third kappa shape index (κ3) is 3.80. The summed E-state index contributed by atoms with van der Waals surface area (Å²) in [7, 11) is 6.99. The van der Waals surface area contributed by atoms with Gasteiger partial charge < -0.3 is 35.5 Å². The van der Waals surface area contributed by atoms with E-state index in [1.54, 1.807) is 26.2 Å². The van der Waals surface area contributed by atoms with Gasteiger partial charge in [0.2, 0.25) is 5.78 Å². The molecule has 4 atom stereocenters. The van der Waals surface area contributed by atoms with Crippen molar-refractivity contribution in [1.82, 2.24) is 9.80 Å². The predicted molar refractivity (Wildman–Crippen MR) is 139 cm³/mol. The fraction of sp³-hybridized carbons (Fsp3) is 0.393. The van der Waals surface area contributed by atoms with Crippen molar-refractivity contribution in [1.29, 1.82) is 0 Å². The molecule has 0 saturated heterocycles. The van der Waals surface area contributed by atoms with Crippen LogP contribution >= 0.6 is 0 Å². The van der Waals surface area contributed by atoms with Crippen molar-refractivity contribution in [2.75, 3.05) is 28.2 Å². The summed E-state index contributed by atoms with van der Waals surface area (Å²) in [5.41, 5.74) is 2.72. The number of furan rings is 1. The molecule has 3 aliphatic rings. The second-order valence-corrected chi connectivity index (χ2v) is 11.0. The maximum Gasteiger partial charge on any atom is 0.255 e. The molecule has 3 aliphatic carbocycles. The second kappa shape index (κ2) is 9.08. The molecule has 2 aromatic rings. The largest absolute Gasteiger partial charge is 0.510 e. The Kier molecular flexibility index (Phi) is 6.21. The van der Waals surface area contributed by atoms with Crippen molar-refractivity contribution in [3.8, 4) is 17.1 Å². The Labute approximate surface area is 224 Å². The van der Waals surface area contributed by atoms with Crippen LogP contribution in [0.1, 0.15) is 28.1 Å². The molecule has 0 aliphatic heterocycles. The Bertz CT molecular complexity index is 1480. The van der Waals surface area contributed by atoms with E-state index < -0.39 is 58.0 Å². The van der Waals surface area contributed by atoms with E-state index in [0.29, 0.717) is 29.2 Å². The van der Waals surface area contributed by atoms with E-state index in [1.807, 2.05) is 25.1 Å². The van der Waals surface area contributed by atoms with E-state index in [9.17, 15) is 34.8 Å². The van der Waals surface area contributed by atoms with Crippen LogP contribution in [0.5, 0.6) is 5.75 Å². The second-order valence-electron chi connectivity index (χ2n) is 11.0. The molecule has 1 aromatic carbocycles. The Morgan fingerprint density at radius 3 is 2.41 bits per heavy atom. The molecule has 206 valence electrons. The number of phenols is 1. The van der Waals surface area contributed by atoms with Crippen LogP contribution in [0, 0.1) is 11.8 Å². The van der Waals surface area contributed by atoms with Crippen LogP contribution in [-0.2, 0) is 22.6 Å². The van der Waals surface area contributed by atoms with Crippen molar-refractivity contribution in [2.24, 2.45) is 17.6 Å². The van der Waals surface area contributed by atoms with Gasteiger partial charge in [-0.3, -0.25) is 19.3 Å². The van der Waals surface area contributed by atoms with Crippen LogP contribution in [0.25, 0.3) is 11.3 Å². The minimum Gasteiger partial charge on any atom is -0.510 e. The number of amides is 1. The van der Waals surface area contributed by atoms with Gasteiger partial charge in [-0.1, -0.05) is 0 Å². The summed E-state index contributed by atoms with van der Waals surface area (Å²) >= 11 is 0. The number of hydrogen-bond donors (Lipinski definition) is 5. The number of hydrogen-bond acceptors (Lipinski definition) is 10. The van der Waals surface area contributed by atoms with E-state index >= 15 is 0 Å². The highest BCUT2D eigenvalue weighted by atomic mass is 16.4. The number of primary amides is 1. The molecule has 1 aromatic heterocycles. The number of rotatable bonds is 5. The average molecular weight is 538 g/mol. The number of carbonyl (C=O) groups excluding carboxylic acids is 3. The number of aliphatic hydroxyl groups excluding tert-OH is 2. The molecule has 11 nitrogen and oxygen atoms in total. The van der Waals surface area contributed by atoms with E-state index in [0.717, 1.165) is 0 Å². The molecular weight excluding hydrogens is 506 g/mol. The summed E-state index contributed by atoms with van der Waals surface area (Å²) in [6, 6.07) is 5.59. The van der Waals surface area contributed by atoms with Crippen LogP contribution < -0.4 is 5.73 Å². The smallest absolute Gasteiger partial charge is 0.255 e. The van der Waals surface area contributed by atoms with Crippen molar-refractivity contribution in [3.63, 3.8) is 0 Å². The first-order valence-corrected chi connectivity index (χ1v) is 12.5. The lowest BCUT2D eigenvalue weighted by molar-refractivity contribution is -0.148. The number of aromatic hydroxyl groups is 1. The minimum absolute atomic E-state index is 0.0187. The van der Waals surface area contributed by atoms with E-state index in [4.69, 9.17) is 10.2 Å². The Morgan fingerprint density at radius 2 is 1.79 bits per heavy atom. The number of fused-ring (bicyclic) bond motifs is 3. The lowest BCUT2D eigenvalue weighted by Gasteiger charge is -2.50. The molecule has 6 N–H and O–H groups in total. The average Bonchev–Trinajstić information content (AvgIpc) is 3.28. The number of Topliss-reactive ketones (excluding diaryl/α,β-unsaturated/α-hetero) is 2. The number of aliphatic hydroxyl groups is 3. The lowest BCUT2D eigenvalue weighted by atomic mass is 9.58. The van der Waals surface area contributed by atoms with Gasteiger partial charge in [0.25, 0.3) is 5.91 Å². The third-order valence-electron chi connectivity index (χ3n) is 8.01. The molecule has 0 saturated carbocycles. The fourth-order valence-corrected chi connectivity index (χ4v) is 6.40. The molecule has 39 heavy (non-hydrogen) atoms. The van der Waals surface area contributed by atoms with Gasteiger partial charge in [-0.2, -0.15) is 0 Å². The van der Waals surface area contributed by atoms with Crippen LogP contribution in [0.2, 0.25) is 0 Å². The van der Waals surface area contributed by atoms with Crippen molar-refractivity contribution in [2.45, 2.75) is 31.0 Å². The summed E-state index contributed by atoms with van der Waals surface area (Å²) in [4.78, 5) is 42.8. The number of likely N-dealkylation sites (N-methyl/N-ethyl adjacent to an activating group) is 1. The Morgan fingerprint density at radius 1 is 1.10 bits per heavy atom. The maximum absolute atomic E-state index is 13.8. The topological polar surface area (TPSA) is 178 Å². The summed E-state index contributed by atoms with van der Waals surface area (Å²) in [6.07, 6.45) is 0.201. The zero-order chi connectivity index (χ0) is 28.5. The zero-order valence-electron chi connectivity index (χ0n) is 22.1. The number of ketones is 2. The standard InChI is InChI=1S/C28H31N3O8/c1-30(2)11-13-5-8-18(39-13)14-6-7-17(32)20-15(14)9-12-10-16-22(31(3)4)24(34)21(27(29)37)26(36)28(16,38)25(35)19(12)23(20)33/h5-8,12,16,22,32,34-35,38H,9-11H2,1-4H3,(H2,29,37)/t12-,16-,22-,28-/m0/s1. The molecule has 0 fully saturated rings. The summed E-state index contributed by atoms with van der Waals surface area (Å²) in [5.74, 6) is -5.60. The Balaban J connectivity index is 1.67. The lowest BCUT2D eigenvalue weighted by Crippen LogP contribution is -2.63. The fourth-order valence-electron chi connectivity index (χ4n) is 6.40. The molecule has 1 amide bonds. The van der Waals surface area contributed by atoms with E-state index in [1.165, 1.54) is 11.0 Å². The van der Waals surface area contributed by atoms with Crippen molar-refractivity contribution < 1.29 is 39.2 Å². The molecule has 0 radical (unpaired) electrons. The highest BCUT2D eigenvalue weighted by molar-refractivity contribution is 6.24. The predicted octanol–water partition coefficient (Wildman–Crippen LogP) is 1.44. The first-order chi connectivity index (χ1) is 18.3. The van der Waals surface area contributed by atoms with Gasteiger partial charge in [0.05, 0.1) is 18.2 Å². The summed E-state index contributed by atoms with van der Waals surface area (Å²) in [6.45, 7) is 0.563. The molecule has 0 unspecified atom stereocenters. The van der Waals surface area contributed by atoms with Gasteiger partial charge in [0, 0.05) is 17.1 Å². The quantitative estimate of drug-likeness (QED) is 0.351. The van der Waals surface area contributed by atoms with Gasteiger partial charge in [-0.15, -0.1) is 0 Å². The van der Waals surface area contributed by atoms with Crippen molar-refractivity contribution >= 4 is 17.5 Å². The number of benzene rings is 1. The molecular formula is C28H31N3O8. The van der Waals surface area contributed by atoms with E-state index in [2.05, 4.69) is 0 Å². The molecule has 0 bridgehead atoms. The number of allylic oxidation sites excluding steroid dienone is 1. The van der Waals surface area contributed by atoms with Gasteiger partial charge in [0.15, 0.2) is 11.4 Å². The van der Waals surface area contributed by atoms with Gasteiger partial charge in [-0.25, -0.2) is 0 Å². The molecule has 1 heterocycles. The summed E-state index contributed by atoms with van der Waals surface area (Å²) < 4.78 is 6.02. The van der Waals surface area contributed by atoms with Crippen molar-refractivity contribution in [3.05, 3.63) is 63.8 Å². The van der Waals surface area contributed by atoms with Gasteiger partial charge in [0.1, 0.15) is 34.4 Å².